The molecule has 4 aromatic heterocycles. The summed E-state index contributed by atoms with van der Waals surface area (Å²) in [4.78, 5) is 27.7. The van der Waals surface area contributed by atoms with Crippen LogP contribution in [0.25, 0.3) is 33.4 Å². The molecule has 2 N–H and O–H groups in total. The predicted molar refractivity (Wildman–Crippen MR) is 108 cm³/mol. The molecule has 0 unspecified atom stereocenters. The molecule has 0 aliphatic rings. The topological polar surface area (TPSA) is 117 Å². The average molecular weight is 384 g/mol. The van der Waals surface area contributed by atoms with Crippen LogP contribution < -0.4 is 10.1 Å². The van der Waals surface area contributed by atoms with Crippen LogP contribution in [0.4, 0.5) is 5.82 Å². The van der Waals surface area contributed by atoms with Gasteiger partial charge in [-0.1, -0.05) is 0 Å². The molecule has 0 aliphatic carbocycles. The van der Waals surface area contributed by atoms with Crippen LogP contribution in [-0.2, 0) is 4.79 Å². The van der Waals surface area contributed by atoms with Gasteiger partial charge in [-0.3, -0.25) is 9.78 Å². The monoisotopic (exact) mass is 384 g/mol. The number of nitriles is 1. The smallest absolute Gasteiger partial charge is 0.222 e. The minimum absolute atomic E-state index is 0.209. The van der Waals surface area contributed by atoms with Crippen molar-refractivity contribution in [2.75, 3.05) is 12.4 Å². The van der Waals surface area contributed by atoms with Crippen LogP contribution in [0.5, 0.6) is 5.88 Å². The van der Waals surface area contributed by atoms with Crippen LogP contribution in [-0.4, -0.2) is 33.0 Å². The van der Waals surface area contributed by atoms with Gasteiger partial charge >= 0.3 is 0 Å². The van der Waals surface area contributed by atoms with Gasteiger partial charge in [-0.25, -0.2) is 9.97 Å². The molecule has 4 heterocycles. The van der Waals surface area contributed by atoms with Gasteiger partial charge < -0.3 is 15.0 Å². The van der Waals surface area contributed by atoms with Gasteiger partial charge in [0.1, 0.15) is 11.9 Å². The van der Waals surface area contributed by atoms with E-state index in [-0.39, 0.29) is 5.91 Å². The van der Waals surface area contributed by atoms with E-state index in [0.717, 1.165) is 22.4 Å². The number of nitrogens with zero attached hydrogens (tertiary/aromatic N) is 4. The number of fused-ring (bicyclic) bond motifs is 1. The highest BCUT2D eigenvalue weighted by atomic mass is 16.5. The quantitative estimate of drug-likeness (QED) is 0.556. The van der Waals surface area contributed by atoms with E-state index >= 15 is 0 Å². The number of carbonyl (C=O) groups is 1. The molecule has 8 heteroatoms. The highest BCUT2D eigenvalue weighted by molar-refractivity contribution is 6.03. The van der Waals surface area contributed by atoms with Gasteiger partial charge in [-0.05, 0) is 24.3 Å². The maximum Gasteiger partial charge on any atom is 0.222 e. The first-order valence-electron chi connectivity index (χ1n) is 8.76. The SMILES string of the molecule is COc1ccc(-c2c(-c3ccnc(NC(C)=O)c3)[nH]c3c(C#N)ccnc23)cn1. The molecule has 0 spiro atoms. The lowest BCUT2D eigenvalue weighted by atomic mass is 10.0. The summed E-state index contributed by atoms with van der Waals surface area (Å²) in [5.74, 6) is 0.720. The third-order valence-electron chi connectivity index (χ3n) is 4.40. The molecule has 0 atom stereocenters. The van der Waals surface area contributed by atoms with Gasteiger partial charge in [0.2, 0.25) is 11.8 Å². The Bertz CT molecular complexity index is 1250. The lowest BCUT2D eigenvalue weighted by molar-refractivity contribution is -0.114. The number of amides is 1. The maximum atomic E-state index is 11.4. The van der Waals surface area contributed by atoms with Crippen molar-refractivity contribution < 1.29 is 9.53 Å². The zero-order valence-corrected chi connectivity index (χ0v) is 15.7. The van der Waals surface area contributed by atoms with E-state index in [1.165, 1.54) is 6.92 Å². The first kappa shape index (κ1) is 18.1. The van der Waals surface area contributed by atoms with Gasteiger partial charge in [0.25, 0.3) is 0 Å². The van der Waals surface area contributed by atoms with Gasteiger partial charge in [-0.2, -0.15) is 5.26 Å². The van der Waals surface area contributed by atoms with Gasteiger partial charge in [0, 0.05) is 48.3 Å². The van der Waals surface area contributed by atoms with Crippen LogP contribution in [0.1, 0.15) is 12.5 Å². The van der Waals surface area contributed by atoms with Crippen molar-refractivity contribution in [2.45, 2.75) is 6.92 Å². The molecule has 0 saturated carbocycles. The first-order valence-corrected chi connectivity index (χ1v) is 8.76. The molecule has 1 amide bonds. The summed E-state index contributed by atoms with van der Waals surface area (Å²) < 4.78 is 5.15. The molecule has 0 saturated heterocycles. The Morgan fingerprint density at radius 3 is 2.66 bits per heavy atom. The predicted octanol–water partition coefficient (Wildman–Crippen LogP) is 3.53. The van der Waals surface area contributed by atoms with E-state index < -0.39 is 0 Å². The molecule has 29 heavy (non-hydrogen) atoms. The molecule has 0 fully saturated rings. The van der Waals surface area contributed by atoms with E-state index in [9.17, 15) is 10.1 Å². The zero-order valence-electron chi connectivity index (χ0n) is 15.7. The Morgan fingerprint density at radius 1 is 1.14 bits per heavy atom. The number of carbonyl (C=O) groups excluding carboxylic acids is 1. The molecule has 0 radical (unpaired) electrons. The van der Waals surface area contributed by atoms with Crippen molar-refractivity contribution in [2.24, 2.45) is 0 Å². The fourth-order valence-corrected chi connectivity index (χ4v) is 3.16. The van der Waals surface area contributed by atoms with Crippen LogP contribution in [0.15, 0.2) is 48.9 Å². The number of hydrogen-bond donors (Lipinski definition) is 2. The number of H-pyrrole nitrogens is 1. The van der Waals surface area contributed by atoms with Crippen molar-refractivity contribution in [3.05, 3.63) is 54.5 Å². The van der Waals surface area contributed by atoms with Crippen LogP contribution in [0.2, 0.25) is 0 Å². The minimum atomic E-state index is -0.209. The van der Waals surface area contributed by atoms with Crippen LogP contribution >= 0.6 is 0 Å². The second-order valence-corrected chi connectivity index (χ2v) is 6.27. The highest BCUT2D eigenvalue weighted by Gasteiger charge is 2.19. The van der Waals surface area contributed by atoms with Gasteiger partial charge in [0.05, 0.1) is 29.4 Å². The van der Waals surface area contributed by atoms with Crippen LogP contribution in [0.3, 0.4) is 0 Å². The molecule has 4 aromatic rings. The molecule has 0 aromatic carbocycles. The Balaban J connectivity index is 1.98. The van der Waals surface area contributed by atoms with Gasteiger partial charge in [-0.15, -0.1) is 0 Å². The number of methoxy groups -OCH3 is 1. The summed E-state index contributed by atoms with van der Waals surface area (Å²) >= 11 is 0. The zero-order chi connectivity index (χ0) is 20.4. The fourth-order valence-electron chi connectivity index (χ4n) is 3.16. The molecule has 0 aliphatic heterocycles. The standard InChI is InChI=1S/C21H16N6O2/c1-12(28)26-16-9-13(5-7-23-16)19-18(15-3-4-17(29-2)25-11-15)21-20(27-19)14(10-22)6-8-24-21/h3-9,11,27H,1-2H3,(H,23,26,28). The number of rotatable bonds is 4. The number of pyridine rings is 3. The third kappa shape index (κ3) is 3.37. The number of aromatic amines is 1. The van der Waals surface area contributed by atoms with Crippen LogP contribution in [0, 0.1) is 11.3 Å². The average Bonchev–Trinajstić information content (AvgIpc) is 3.13. The molecular formula is C21H16N6O2. The molecular weight excluding hydrogens is 368 g/mol. The summed E-state index contributed by atoms with van der Waals surface area (Å²) in [5.41, 5.74) is 4.92. The Kier molecular flexibility index (Phi) is 4.63. The van der Waals surface area contributed by atoms with E-state index in [0.29, 0.717) is 28.3 Å². The van der Waals surface area contributed by atoms with E-state index in [4.69, 9.17) is 4.74 Å². The van der Waals surface area contributed by atoms with Crippen molar-refractivity contribution >= 4 is 22.8 Å². The summed E-state index contributed by atoms with van der Waals surface area (Å²) in [6.07, 6.45) is 4.91. The fraction of sp³-hybridized carbons (Fsp3) is 0.0952. The van der Waals surface area contributed by atoms with Gasteiger partial charge in [0.15, 0.2) is 0 Å². The Morgan fingerprint density at radius 2 is 1.97 bits per heavy atom. The number of anilines is 1. The first-order chi connectivity index (χ1) is 14.1. The van der Waals surface area contributed by atoms with Crippen molar-refractivity contribution in [3.63, 3.8) is 0 Å². The Hall–Kier alpha value is -4.25. The summed E-state index contributed by atoms with van der Waals surface area (Å²) in [5, 5.41) is 12.2. The molecule has 142 valence electrons. The Labute approximate surface area is 166 Å². The summed E-state index contributed by atoms with van der Waals surface area (Å²) in [7, 11) is 1.56. The second-order valence-electron chi connectivity index (χ2n) is 6.27. The van der Waals surface area contributed by atoms with E-state index in [1.54, 1.807) is 43.9 Å². The normalized spacial score (nSPS) is 10.5. The largest absolute Gasteiger partial charge is 0.481 e. The number of hydrogen-bond acceptors (Lipinski definition) is 6. The molecule has 0 bridgehead atoms. The van der Waals surface area contributed by atoms with Crippen molar-refractivity contribution in [3.8, 4) is 34.3 Å². The number of ether oxygens (including phenoxy) is 1. The van der Waals surface area contributed by atoms with E-state index in [1.807, 2.05) is 12.1 Å². The number of nitrogens with one attached hydrogen (secondary N) is 2. The third-order valence-corrected chi connectivity index (χ3v) is 4.40. The van der Waals surface area contributed by atoms with Crippen molar-refractivity contribution in [1.82, 2.24) is 19.9 Å². The minimum Gasteiger partial charge on any atom is -0.481 e. The lowest BCUT2D eigenvalue weighted by Crippen LogP contribution is -2.07. The maximum absolute atomic E-state index is 11.4. The molecule has 4 rings (SSSR count). The number of aromatic nitrogens is 4. The highest BCUT2D eigenvalue weighted by Crippen LogP contribution is 2.38. The lowest BCUT2D eigenvalue weighted by Gasteiger charge is -2.08. The van der Waals surface area contributed by atoms with E-state index in [2.05, 4.69) is 31.3 Å². The second kappa shape index (κ2) is 7.40. The summed E-state index contributed by atoms with van der Waals surface area (Å²) in [6.45, 7) is 1.43. The summed E-state index contributed by atoms with van der Waals surface area (Å²) in [6, 6.07) is 11.1. The van der Waals surface area contributed by atoms with Crippen molar-refractivity contribution in [1.29, 1.82) is 5.26 Å². The molecule has 8 nitrogen and oxygen atoms in total.